The van der Waals surface area contributed by atoms with E-state index in [0.29, 0.717) is 12.2 Å². The molecule has 0 radical (unpaired) electrons. The molecular weight excluding hydrogens is 278 g/mol. The Labute approximate surface area is 103 Å². The molecule has 1 nitrogen and oxygen atoms in total. The monoisotopic (exact) mass is 292 g/mol. The van der Waals surface area contributed by atoms with Crippen molar-refractivity contribution in [1.29, 1.82) is 0 Å². The highest BCUT2D eigenvalue weighted by Gasteiger charge is 2.09. The molecular formula is C12H15BrF2O. The number of rotatable bonds is 6. The summed E-state index contributed by atoms with van der Waals surface area (Å²) in [7, 11) is 0. The van der Waals surface area contributed by atoms with Crippen LogP contribution in [-0.4, -0.2) is 11.9 Å². The van der Waals surface area contributed by atoms with Crippen molar-refractivity contribution in [3.63, 3.8) is 0 Å². The van der Waals surface area contributed by atoms with E-state index in [-0.39, 0.29) is 0 Å². The zero-order valence-corrected chi connectivity index (χ0v) is 10.8. The number of ether oxygens (including phenoxy) is 1. The number of aryl methyl sites for hydroxylation is 2. The van der Waals surface area contributed by atoms with Crippen molar-refractivity contribution in [2.45, 2.75) is 32.8 Å². The van der Waals surface area contributed by atoms with Crippen molar-refractivity contribution in [2.24, 2.45) is 0 Å². The molecule has 0 N–H and O–H groups in total. The second-order valence-electron chi connectivity index (χ2n) is 3.47. The normalized spacial score (nSPS) is 10.8. The SMILES string of the molecule is CCc1cc(CCCBr)ccc1OC(F)F. The molecule has 0 saturated heterocycles. The van der Waals surface area contributed by atoms with Gasteiger partial charge in [-0.15, -0.1) is 0 Å². The first-order valence-corrected chi connectivity index (χ1v) is 6.42. The molecule has 0 fully saturated rings. The fourth-order valence-corrected chi connectivity index (χ4v) is 1.83. The van der Waals surface area contributed by atoms with Crippen LogP contribution in [0.3, 0.4) is 0 Å². The highest BCUT2D eigenvalue weighted by Crippen LogP contribution is 2.23. The van der Waals surface area contributed by atoms with Gasteiger partial charge in [0.25, 0.3) is 0 Å². The highest BCUT2D eigenvalue weighted by atomic mass is 79.9. The number of hydrogen-bond donors (Lipinski definition) is 0. The number of alkyl halides is 3. The smallest absolute Gasteiger partial charge is 0.387 e. The Bertz CT molecular complexity index is 329. The third-order valence-electron chi connectivity index (χ3n) is 2.32. The Balaban J connectivity index is 2.79. The summed E-state index contributed by atoms with van der Waals surface area (Å²) in [4.78, 5) is 0. The summed E-state index contributed by atoms with van der Waals surface area (Å²) in [5.74, 6) is 0.292. The molecule has 0 spiro atoms. The minimum Gasteiger partial charge on any atom is -0.435 e. The van der Waals surface area contributed by atoms with Crippen molar-refractivity contribution in [3.8, 4) is 5.75 Å². The van der Waals surface area contributed by atoms with Crippen LogP contribution in [0.2, 0.25) is 0 Å². The third-order valence-corrected chi connectivity index (χ3v) is 2.88. The molecule has 0 aliphatic heterocycles. The lowest BCUT2D eigenvalue weighted by Gasteiger charge is -2.11. The van der Waals surface area contributed by atoms with E-state index < -0.39 is 6.61 Å². The van der Waals surface area contributed by atoms with Crippen molar-refractivity contribution in [2.75, 3.05) is 5.33 Å². The molecule has 1 aromatic carbocycles. The third kappa shape index (κ3) is 4.08. The van der Waals surface area contributed by atoms with Gasteiger partial charge in [-0.05, 0) is 36.5 Å². The lowest BCUT2D eigenvalue weighted by Crippen LogP contribution is -2.04. The molecule has 0 heterocycles. The zero-order chi connectivity index (χ0) is 12.0. The average molecular weight is 293 g/mol. The molecule has 4 heteroatoms. The molecule has 0 amide bonds. The molecule has 90 valence electrons. The summed E-state index contributed by atoms with van der Waals surface area (Å²) in [5, 5.41) is 0.948. The number of hydrogen-bond acceptors (Lipinski definition) is 1. The minimum absolute atomic E-state index is 0.292. The Morgan fingerprint density at radius 1 is 1.38 bits per heavy atom. The number of benzene rings is 1. The summed E-state index contributed by atoms with van der Waals surface area (Å²) in [6, 6.07) is 5.43. The average Bonchev–Trinajstić information content (AvgIpc) is 2.27. The van der Waals surface area contributed by atoms with Gasteiger partial charge in [0.2, 0.25) is 0 Å². The topological polar surface area (TPSA) is 9.23 Å². The standard InChI is InChI=1S/C12H15BrF2O/c1-2-10-8-9(4-3-7-13)5-6-11(10)16-12(14)15/h5-6,8,12H,2-4,7H2,1H3. The summed E-state index contributed by atoms with van der Waals surface area (Å²) in [6.07, 6.45) is 2.69. The summed E-state index contributed by atoms with van der Waals surface area (Å²) < 4.78 is 28.7. The van der Waals surface area contributed by atoms with Gasteiger partial charge in [0.05, 0.1) is 0 Å². The first-order chi connectivity index (χ1) is 7.67. The van der Waals surface area contributed by atoms with Gasteiger partial charge in [-0.25, -0.2) is 0 Å². The maximum absolute atomic E-state index is 12.1. The maximum Gasteiger partial charge on any atom is 0.387 e. The van der Waals surface area contributed by atoms with Crippen LogP contribution in [0.4, 0.5) is 8.78 Å². The van der Waals surface area contributed by atoms with E-state index in [1.165, 1.54) is 0 Å². The van der Waals surface area contributed by atoms with Crippen molar-refractivity contribution in [3.05, 3.63) is 29.3 Å². The summed E-state index contributed by atoms with van der Waals surface area (Å²) in [5.41, 5.74) is 2.00. The van der Waals surface area contributed by atoms with E-state index in [9.17, 15) is 8.78 Å². The predicted octanol–water partition coefficient (Wildman–Crippen LogP) is 4.18. The Morgan fingerprint density at radius 3 is 2.69 bits per heavy atom. The van der Waals surface area contributed by atoms with Gasteiger partial charge < -0.3 is 4.74 Å². The van der Waals surface area contributed by atoms with Gasteiger partial charge in [-0.3, -0.25) is 0 Å². The van der Waals surface area contributed by atoms with Gasteiger partial charge in [-0.1, -0.05) is 35.0 Å². The Morgan fingerprint density at radius 2 is 2.12 bits per heavy atom. The van der Waals surface area contributed by atoms with Crippen LogP contribution in [-0.2, 0) is 12.8 Å². The molecule has 1 rings (SSSR count). The van der Waals surface area contributed by atoms with Gasteiger partial charge >= 0.3 is 6.61 Å². The van der Waals surface area contributed by atoms with Crippen molar-refractivity contribution >= 4 is 15.9 Å². The van der Waals surface area contributed by atoms with Gasteiger partial charge in [0.1, 0.15) is 5.75 Å². The van der Waals surface area contributed by atoms with Crippen molar-refractivity contribution < 1.29 is 13.5 Å². The largest absolute Gasteiger partial charge is 0.435 e. The quantitative estimate of drug-likeness (QED) is 0.715. The van der Waals surface area contributed by atoms with Crippen LogP contribution in [0, 0.1) is 0 Å². The predicted molar refractivity (Wildman–Crippen MR) is 64.6 cm³/mol. The lowest BCUT2D eigenvalue weighted by atomic mass is 10.0. The fourth-order valence-electron chi connectivity index (χ4n) is 1.55. The van der Waals surface area contributed by atoms with Crippen LogP contribution in [0.15, 0.2) is 18.2 Å². The molecule has 0 unspecified atom stereocenters. The van der Waals surface area contributed by atoms with Gasteiger partial charge in [0.15, 0.2) is 0 Å². The zero-order valence-electron chi connectivity index (χ0n) is 9.18. The van der Waals surface area contributed by atoms with E-state index in [1.54, 1.807) is 6.07 Å². The second kappa shape index (κ2) is 6.84. The Kier molecular flexibility index (Phi) is 5.74. The molecule has 0 bridgehead atoms. The van der Waals surface area contributed by atoms with Gasteiger partial charge in [-0.2, -0.15) is 8.78 Å². The van der Waals surface area contributed by atoms with Crippen molar-refractivity contribution in [1.82, 2.24) is 0 Å². The molecule has 0 aliphatic carbocycles. The van der Waals surface area contributed by atoms with Crippen LogP contribution in [0.25, 0.3) is 0 Å². The minimum atomic E-state index is -2.75. The first-order valence-electron chi connectivity index (χ1n) is 5.30. The van der Waals surface area contributed by atoms with Crippen LogP contribution < -0.4 is 4.74 Å². The van der Waals surface area contributed by atoms with E-state index in [4.69, 9.17) is 0 Å². The van der Waals surface area contributed by atoms with E-state index in [0.717, 1.165) is 29.3 Å². The summed E-state index contributed by atoms with van der Waals surface area (Å²) in [6.45, 7) is -0.819. The molecule has 0 aromatic heterocycles. The van der Waals surface area contributed by atoms with E-state index >= 15 is 0 Å². The highest BCUT2D eigenvalue weighted by molar-refractivity contribution is 9.09. The molecule has 16 heavy (non-hydrogen) atoms. The van der Waals surface area contributed by atoms with Crippen LogP contribution in [0.5, 0.6) is 5.75 Å². The second-order valence-corrected chi connectivity index (χ2v) is 4.26. The molecule has 0 aliphatic rings. The fraction of sp³-hybridized carbons (Fsp3) is 0.500. The lowest BCUT2D eigenvalue weighted by molar-refractivity contribution is -0.0504. The van der Waals surface area contributed by atoms with Crippen LogP contribution >= 0.6 is 15.9 Å². The summed E-state index contributed by atoms with van der Waals surface area (Å²) >= 11 is 3.37. The Hall–Kier alpha value is -0.640. The molecule has 0 saturated carbocycles. The van der Waals surface area contributed by atoms with E-state index in [1.807, 2.05) is 19.1 Å². The maximum atomic E-state index is 12.1. The first kappa shape index (κ1) is 13.4. The van der Waals surface area contributed by atoms with Crippen LogP contribution in [0.1, 0.15) is 24.5 Å². The molecule has 0 atom stereocenters. The molecule has 1 aromatic rings. The number of halogens is 3. The van der Waals surface area contributed by atoms with Gasteiger partial charge in [0, 0.05) is 5.33 Å². The van der Waals surface area contributed by atoms with E-state index in [2.05, 4.69) is 20.7 Å².